The molecule has 1 fully saturated rings. The molecular weight excluding hydrogens is 450 g/mol. The van der Waals surface area contributed by atoms with E-state index in [9.17, 15) is 9.59 Å². The highest BCUT2D eigenvalue weighted by molar-refractivity contribution is 7.14. The van der Waals surface area contributed by atoms with E-state index >= 15 is 0 Å². The van der Waals surface area contributed by atoms with Crippen molar-refractivity contribution in [3.05, 3.63) is 69.6 Å². The van der Waals surface area contributed by atoms with Gasteiger partial charge in [0.2, 0.25) is 5.91 Å². The highest BCUT2D eigenvalue weighted by atomic mass is 35.5. The topological polar surface area (TPSA) is 93.5 Å². The fourth-order valence-electron chi connectivity index (χ4n) is 3.86. The summed E-state index contributed by atoms with van der Waals surface area (Å²) in [6, 6.07) is 9.42. The van der Waals surface area contributed by atoms with Gasteiger partial charge in [0.1, 0.15) is 5.76 Å². The van der Waals surface area contributed by atoms with Crippen LogP contribution in [0.1, 0.15) is 40.2 Å². The third-order valence-electron chi connectivity index (χ3n) is 5.75. The maximum absolute atomic E-state index is 12.6. The van der Waals surface area contributed by atoms with Gasteiger partial charge < -0.3 is 14.5 Å². The Labute approximate surface area is 195 Å². The Bertz CT molecular complexity index is 1090. The molecule has 0 bridgehead atoms. The zero-order valence-corrected chi connectivity index (χ0v) is 19.2. The molecule has 2 N–H and O–H groups in total. The van der Waals surface area contributed by atoms with Gasteiger partial charge in [-0.3, -0.25) is 14.9 Å². The minimum atomic E-state index is -0.286. The summed E-state index contributed by atoms with van der Waals surface area (Å²) in [6.07, 6.45) is 3.27. The second-order valence-electron chi connectivity index (χ2n) is 7.84. The van der Waals surface area contributed by atoms with Gasteiger partial charge in [-0.1, -0.05) is 23.7 Å². The number of benzene rings is 1. The molecule has 2 aromatic heterocycles. The van der Waals surface area contributed by atoms with E-state index in [0.29, 0.717) is 46.9 Å². The minimum absolute atomic E-state index is 0.112. The van der Waals surface area contributed by atoms with Crippen LogP contribution in [0.2, 0.25) is 5.02 Å². The lowest BCUT2D eigenvalue weighted by atomic mass is 9.74. The fraction of sp³-hybridized carbons (Fsp3) is 0.348. The number of amides is 2. The Balaban J connectivity index is 1.35. The number of anilines is 1. The van der Waals surface area contributed by atoms with Gasteiger partial charge in [-0.2, -0.15) is 0 Å². The molecule has 7 nitrogen and oxygen atoms in total. The number of halogens is 1. The molecule has 0 saturated carbocycles. The Morgan fingerprint density at radius 2 is 1.94 bits per heavy atom. The standard InChI is InChI=1S/C23H24ClN3O4S/c1-15-19(6-9-31-15)21(29)27-22-26-18(13-32-22)12-20(28)25-14-23(7-10-30-11-8-23)16-2-4-17(24)5-3-16/h2-6,9,13H,7-8,10-12,14H2,1H3,(H,25,28)(H,26,27,29). The first-order valence-corrected chi connectivity index (χ1v) is 11.6. The van der Waals surface area contributed by atoms with E-state index < -0.39 is 0 Å². The number of hydrogen-bond donors (Lipinski definition) is 2. The van der Waals surface area contributed by atoms with Crippen molar-refractivity contribution in [3.63, 3.8) is 0 Å². The van der Waals surface area contributed by atoms with E-state index in [1.807, 2.05) is 24.3 Å². The third kappa shape index (κ3) is 5.20. The van der Waals surface area contributed by atoms with Gasteiger partial charge in [-0.15, -0.1) is 11.3 Å². The third-order valence-corrected chi connectivity index (χ3v) is 6.81. The van der Waals surface area contributed by atoms with Gasteiger partial charge in [0.15, 0.2) is 5.13 Å². The van der Waals surface area contributed by atoms with Crippen LogP contribution in [0.25, 0.3) is 0 Å². The Morgan fingerprint density at radius 1 is 1.19 bits per heavy atom. The largest absolute Gasteiger partial charge is 0.469 e. The lowest BCUT2D eigenvalue weighted by Crippen LogP contribution is -2.45. The molecule has 3 aromatic rings. The maximum Gasteiger partial charge on any atom is 0.260 e. The number of hydrogen-bond acceptors (Lipinski definition) is 6. The highest BCUT2D eigenvalue weighted by Gasteiger charge is 2.34. The molecule has 0 radical (unpaired) electrons. The van der Waals surface area contributed by atoms with Crippen LogP contribution < -0.4 is 10.6 Å². The predicted octanol–water partition coefficient (Wildman–Crippen LogP) is 4.36. The molecule has 2 amide bonds. The molecule has 0 spiro atoms. The second kappa shape index (κ2) is 9.85. The first kappa shape index (κ1) is 22.5. The molecule has 0 aliphatic carbocycles. The average molecular weight is 474 g/mol. The number of aryl methyl sites for hydroxylation is 1. The molecule has 1 aromatic carbocycles. The Hall–Kier alpha value is -2.68. The predicted molar refractivity (Wildman–Crippen MR) is 123 cm³/mol. The van der Waals surface area contributed by atoms with Gasteiger partial charge in [0.05, 0.1) is 23.9 Å². The summed E-state index contributed by atoms with van der Waals surface area (Å²) >= 11 is 7.34. The number of ether oxygens (including phenoxy) is 1. The summed E-state index contributed by atoms with van der Waals surface area (Å²) in [7, 11) is 0. The lowest BCUT2D eigenvalue weighted by molar-refractivity contribution is -0.121. The van der Waals surface area contributed by atoms with Crippen molar-refractivity contribution in [3.8, 4) is 0 Å². The molecule has 32 heavy (non-hydrogen) atoms. The lowest BCUT2D eigenvalue weighted by Gasteiger charge is -2.38. The fourth-order valence-corrected chi connectivity index (χ4v) is 4.69. The molecule has 3 heterocycles. The maximum atomic E-state index is 12.6. The summed E-state index contributed by atoms with van der Waals surface area (Å²) in [6.45, 7) is 3.56. The molecule has 168 valence electrons. The van der Waals surface area contributed by atoms with Crippen LogP contribution in [0.4, 0.5) is 5.13 Å². The Morgan fingerprint density at radius 3 is 2.62 bits per heavy atom. The van der Waals surface area contributed by atoms with Crippen LogP contribution in [0.5, 0.6) is 0 Å². The smallest absolute Gasteiger partial charge is 0.260 e. The quantitative estimate of drug-likeness (QED) is 0.532. The van der Waals surface area contributed by atoms with Gasteiger partial charge >= 0.3 is 0 Å². The number of nitrogens with one attached hydrogen (secondary N) is 2. The van der Waals surface area contributed by atoms with Crippen LogP contribution in [-0.4, -0.2) is 36.6 Å². The Kier molecular flexibility index (Phi) is 6.93. The zero-order chi connectivity index (χ0) is 22.6. The van der Waals surface area contributed by atoms with E-state index in [-0.39, 0.29) is 23.7 Å². The number of thiazole rings is 1. The summed E-state index contributed by atoms with van der Waals surface area (Å²) in [5.74, 6) is 0.145. The number of furan rings is 1. The van der Waals surface area contributed by atoms with Gasteiger partial charge in [0, 0.05) is 35.6 Å². The van der Waals surface area contributed by atoms with E-state index in [0.717, 1.165) is 18.4 Å². The molecule has 9 heteroatoms. The normalized spacial score (nSPS) is 15.3. The van der Waals surface area contributed by atoms with Crippen molar-refractivity contribution >= 4 is 39.9 Å². The summed E-state index contributed by atoms with van der Waals surface area (Å²) in [5, 5.41) is 8.73. The average Bonchev–Trinajstić information content (AvgIpc) is 3.42. The molecule has 4 rings (SSSR count). The van der Waals surface area contributed by atoms with Crippen molar-refractivity contribution < 1.29 is 18.7 Å². The number of nitrogens with zero attached hydrogens (tertiary/aromatic N) is 1. The SMILES string of the molecule is Cc1occc1C(=O)Nc1nc(CC(=O)NCC2(c3ccc(Cl)cc3)CCOCC2)cs1. The summed E-state index contributed by atoms with van der Waals surface area (Å²) in [4.78, 5) is 29.3. The van der Waals surface area contributed by atoms with Crippen molar-refractivity contribution in [2.75, 3.05) is 25.1 Å². The summed E-state index contributed by atoms with van der Waals surface area (Å²) < 4.78 is 10.7. The van der Waals surface area contributed by atoms with Crippen LogP contribution in [-0.2, 0) is 21.4 Å². The highest BCUT2D eigenvalue weighted by Crippen LogP contribution is 2.35. The number of aromatic nitrogens is 1. The second-order valence-corrected chi connectivity index (χ2v) is 9.14. The molecule has 1 saturated heterocycles. The number of rotatable bonds is 7. The van der Waals surface area contributed by atoms with Crippen molar-refractivity contribution in [2.24, 2.45) is 0 Å². The van der Waals surface area contributed by atoms with Crippen LogP contribution >= 0.6 is 22.9 Å². The first-order chi connectivity index (χ1) is 15.4. The van der Waals surface area contributed by atoms with Gasteiger partial charge in [-0.05, 0) is 43.5 Å². The molecule has 1 aliphatic rings. The van der Waals surface area contributed by atoms with Gasteiger partial charge in [0.25, 0.3) is 5.91 Å². The van der Waals surface area contributed by atoms with E-state index in [1.54, 1.807) is 18.4 Å². The van der Waals surface area contributed by atoms with E-state index in [2.05, 4.69) is 15.6 Å². The van der Waals surface area contributed by atoms with E-state index in [4.69, 9.17) is 20.8 Å². The number of carbonyl (C=O) groups excluding carboxylic acids is 2. The van der Waals surface area contributed by atoms with Crippen LogP contribution in [0.3, 0.4) is 0 Å². The number of carbonyl (C=O) groups is 2. The summed E-state index contributed by atoms with van der Waals surface area (Å²) in [5.41, 5.74) is 2.05. The molecule has 0 unspecified atom stereocenters. The molecular formula is C23H24ClN3O4S. The van der Waals surface area contributed by atoms with Crippen LogP contribution in [0, 0.1) is 6.92 Å². The van der Waals surface area contributed by atoms with Crippen molar-refractivity contribution in [1.29, 1.82) is 0 Å². The zero-order valence-electron chi connectivity index (χ0n) is 17.7. The van der Waals surface area contributed by atoms with Crippen LogP contribution in [0.15, 0.2) is 46.4 Å². The van der Waals surface area contributed by atoms with Crippen molar-refractivity contribution in [1.82, 2.24) is 10.3 Å². The van der Waals surface area contributed by atoms with Crippen molar-refractivity contribution in [2.45, 2.75) is 31.6 Å². The molecule has 0 atom stereocenters. The van der Waals surface area contributed by atoms with Gasteiger partial charge in [-0.25, -0.2) is 4.98 Å². The monoisotopic (exact) mass is 473 g/mol. The van der Waals surface area contributed by atoms with E-state index in [1.165, 1.54) is 17.6 Å². The minimum Gasteiger partial charge on any atom is -0.469 e. The first-order valence-electron chi connectivity index (χ1n) is 10.4. The molecule has 1 aliphatic heterocycles.